The molecule has 3 aromatic rings. The Morgan fingerprint density at radius 3 is 2.62 bits per heavy atom. The second kappa shape index (κ2) is 10.4. The van der Waals surface area contributed by atoms with E-state index in [4.69, 9.17) is 4.74 Å². The molecule has 2 N–H and O–H groups in total. The van der Waals surface area contributed by atoms with Crippen LogP contribution in [-0.2, 0) is 11.8 Å². The minimum absolute atomic E-state index is 0.188. The van der Waals surface area contributed by atoms with E-state index < -0.39 is 6.03 Å². The van der Waals surface area contributed by atoms with Gasteiger partial charge in [-0.1, -0.05) is 0 Å². The van der Waals surface area contributed by atoms with Gasteiger partial charge in [0.2, 0.25) is 5.91 Å². The number of aromatic nitrogens is 4. The molecule has 0 atom stereocenters. The van der Waals surface area contributed by atoms with E-state index in [0.717, 1.165) is 37.4 Å². The van der Waals surface area contributed by atoms with Gasteiger partial charge in [0.1, 0.15) is 17.3 Å². The van der Waals surface area contributed by atoms with Gasteiger partial charge in [-0.05, 0) is 32.2 Å². The molecule has 1 fully saturated rings. The highest BCUT2D eigenvalue weighted by Crippen LogP contribution is 2.27. The van der Waals surface area contributed by atoms with Crippen molar-refractivity contribution in [2.75, 3.05) is 45.1 Å². The van der Waals surface area contributed by atoms with Crippen LogP contribution in [0.15, 0.2) is 42.9 Å². The normalized spacial score (nSPS) is 14.6. The number of nitrogens with one attached hydrogen (secondary N) is 2. The van der Waals surface area contributed by atoms with Crippen molar-refractivity contribution < 1.29 is 14.3 Å². The number of carbonyl (C=O) groups excluding carboxylic acids is 2. The van der Waals surface area contributed by atoms with E-state index in [1.807, 2.05) is 31.3 Å². The monoisotopic (exact) mass is 464 g/mol. The smallest absolute Gasteiger partial charge is 0.327 e. The number of carbonyl (C=O) groups is 2. The van der Waals surface area contributed by atoms with E-state index in [2.05, 4.69) is 30.6 Å². The number of imide groups is 1. The molecule has 3 aromatic heterocycles. The molecule has 3 amide bonds. The summed E-state index contributed by atoms with van der Waals surface area (Å²) < 4.78 is 7.68. The van der Waals surface area contributed by atoms with Crippen LogP contribution in [0.25, 0.3) is 11.3 Å². The largest absolute Gasteiger partial charge is 0.455 e. The molecular weight excluding hydrogens is 436 g/mol. The summed E-state index contributed by atoms with van der Waals surface area (Å²) in [6.07, 6.45) is 5.28. The molecule has 178 valence electrons. The van der Waals surface area contributed by atoms with E-state index in [-0.39, 0.29) is 12.5 Å². The van der Waals surface area contributed by atoms with E-state index in [9.17, 15) is 9.59 Å². The summed E-state index contributed by atoms with van der Waals surface area (Å²) in [4.78, 5) is 37.4. The van der Waals surface area contributed by atoms with Crippen LogP contribution in [0, 0.1) is 6.92 Å². The van der Waals surface area contributed by atoms with Crippen LogP contribution in [0.2, 0.25) is 0 Å². The lowest BCUT2D eigenvalue weighted by Gasteiger charge is -2.31. The molecule has 0 saturated carbocycles. The van der Waals surface area contributed by atoms with Crippen LogP contribution in [0.4, 0.5) is 10.6 Å². The SMILES string of the molecule is Cc1nc(NC(=O)NC(=O)CN2CCN(C)CC2)ccc1Oc1ccnc(-c2cnn(C)c2)c1. The van der Waals surface area contributed by atoms with Crippen molar-refractivity contribution in [2.24, 2.45) is 7.05 Å². The number of ether oxygens (including phenoxy) is 1. The average Bonchev–Trinajstić information content (AvgIpc) is 3.24. The second-order valence-corrected chi connectivity index (χ2v) is 8.24. The minimum atomic E-state index is -0.616. The molecule has 0 unspecified atom stereocenters. The molecule has 4 heterocycles. The average molecular weight is 465 g/mol. The summed E-state index contributed by atoms with van der Waals surface area (Å²) in [7, 11) is 3.89. The number of piperazine rings is 1. The van der Waals surface area contributed by atoms with Crippen molar-refractivity contribution in [1.82, 2.24) is 34.9 Å². The van der Waals surface area contributed by atoms with E-state index >= 15 is 0 Å². The molecule has 0 radical (unpaired) electrons. The zero-order valence-electron chi connectivity index (χ0n) is 19.5. The van der Waals surface area contributed by atoms with Gasteiger partial charge in [0.05, 0.1) is 24.1 Å². The third kappa shape index (κ3) is 6.15. The highest BCUT2D eigenvalue weighted by molar-refractivity contribution is 6.01. The third-order valence-electron chi connectivity index (χ3n) is 5.45. The number of rotatable bonds is 6. The number of pyridine rings is 2. The maximum absolute atomic E-state index is 12.2. The fourth-order valence-electron chi connectivity index (χ4n) is 3.56. The maximum Gasteiger partial charge on any atom is 0.327 e. The quantitative estimate of drug-likeness (QED) is 0.568. The molecule has 0 aliphatic carbocycles. The Kier molecular flexibility index (Phi) is 7.14. The predicted octanol–water partition coefficient (Wildman–Crippen LogP) is 1.87. The number of likely N-dealkylation sites (N-methyl/N-ethyl adjacent to an activating group) is 1. The van der Waals surface area contributed by atoms with Gasteiger partial charge in [-0.15, -0.1) is 0 Å². The van der Waals surface area contributed by atoms with Gasteiger partial charge in [0.25, 0.3) is 0 Å². The third-order valence-corrected chi connectivity index (χ3v) is 5.45. The summed E-state index contributed by atoms with van der Waals surface area (Å²) in [5.41, 5.74) is 2.21. The summed E-state index contributed by atoms with van der Waals surface area (Å²) in [6.45, 7) is 5.38. The lowest BCUT2D eigenvalue weighted by Crippen LogP contribution is -2.49. The van der Waals surface area contributed by atoms with Gasteiger partial charge in [0.15, 0.2) is 0 Å². The van der Waals surface area contributed by atoms with Gasteiger partial charge in [-0.3, -0.25) is 30.0 Å². The van der Waals surface area contributed by atoms with Crippen molar-refractivity contribution in [3.8, 4) is 22.8 Å². The van der Waals surface area contributed by atoms with Crippen molar-refractivity contribution in [2.45, 2.75) is 6.92 Å². The first-order valence-electron chi connectivity index (χ1n) is 11.0. The number of nitrogens with zero attached hydrogens (tertiary/aromatic N) is 6. The van der Waals surface area contributed by atoms with Crippen molar-refractivity contribution in [1.29, 1.82) is 0 Å². The van der Waals surface area contributed by atoms with Crippen LogP contribution in [0.3, 0.4) is 0 Å². The maximum atomic E-state index is 12.2. The molecule has 34 heavy (non-hydrogen) atoms. The highest BCUT2D eigenvalue weighted by Gasteiger charge is 2.18. The summed E-state index contributed by atoms with van der Waals surface area (Å²) >= 11 is 0. The molecule has 11 nitrogen and oxygen atoms in total. The van der Waals surface area contributed by atoms with Crippen molar-refractivity contribution >= 4 is 17.8 Å². The van der Waals surface area contributed by atoms with Crippen LogP contribution >= 0.6 is 0 Å². The molecule has 11 heteroatoms. The molecule has 0 bridgehead atoms. The Morgan fingerprint density at radius 1 is 1.12 bits per heavy atom. The Bertz CT molecular complexity index is 1170. The Balaban J connectivity index is 1.32. The number of anilines is 1. The van der Waals surface area contributed by atoms with Crippen LogP contribution < -0.4 is 15.4 Å². The fraction of sp³-hybridized carbons (Fsp3) is 0.348. The van der Waals surface area contributed by atoms with Crippen molar-refractivity contribution in [3.05, 3.63) is 48.5 Å². The van der Waals surface area contributed by atoms with Crippen LogP contribution in [0.5, 0.6) is 11.5 Å². The second-order valence-electron chi connectivity index (χ2n) is 8.24. The number of aryl methyl sites for hydroxylation is 2. The van der Waals surface area contributed by atoms with Gasteiger partial charge >= 0.3 is 6.03 Å². The van der Waals surface area contributed by atoms with Crippen molar-refractivity contribution in [3.63, 3.8) is 0 Å². The fourth-order valence-corrected chi connectivity index (χ4v) is 3.56. The lowest BCUT2D eigenvalue weighted by molar-refractivity contribution is -0.121. The summed E-state index contributed by atoms with van der Waals surface area (Å²) in [5.74, 6) is 1.12. The molecule has 1 saturated heterocycles. The summed E-state index contributed by atoms with van der Waals surface area (Å²) in [6, 6.07) is 6.30. The number of urea groups is 1. The number of hydrogen-bond acceptors (Lipinski definition) is 8. The van der Waals surface area contributed by atoms with E-state index in [0.29, 0.717) is 23.0 Å². The standard InChI is InChI=1S/C23H28N8O3/c1-16-20(34-18-6-7-24-19(12-18)17-13-25-30(3)14-17)4-5-21(26-16)27-23(33)28-22(32)15-31-10-8-29(2)9-11-31/h4-7,12-14H,8-11,15H2,1-3H3,(H2,26,27,28,32,33). The lowest BCUT2D eigenvalue weighted by atomic mass is 10.2. The van der Waals surface area contributed by atoms with E-state index in [1.165, 1.54) is 0 Å². The van der Waals surface area contributed by atoms with Gasteiger partial charge in [0, 0.05) is 57.3 Å². The Labute approximate surface area is 197 Å². The predicted molar refractivity (Wildman–Crippen MR) is 127 cm³/mol. The van der Waals surface area contributed by atoms with Crippen LogP contribution in [0.1, 0.15) is 5.69 Å². The zero-order chi connectivity index (χ0) is 24.1. The molecule has 4 rings (SSSR count). The molecule has 1 aliphatic rings. The summed E-state index contributed by atoms with van der Waals surface area (Å²) in [5, 5.41) is 9.12. The Hall–Kier alpha value is -3.83. The van der Waals surface area contributed by atoms with E-state index in [1.54, 1.807) is 42.2 Å². The van der Waals surface area contributed by atoms with Gasteiger partial charge < -0.3 is 9.64 Å². The minimum Gasteiger partial charge on any atom is -0.455 e. The van der Waals surface area contributed by atoms with Gasteiger partial charge in [-0.2, -0.15) is 5.10 Å². The number of amides is 3. The molecule has 0 spiro atoms. The van der Waals surface area contributed by atoms with Gasteiger partial charge in [-0.25, -0.2) is 9.78 Å². The Morgan fingerprint density at radius 2 is 1.91 bits per heavy atom. The first-order chi connectivity index (χ1) is 16.4. The number of hydrogen-bond donors (Lipinski definition) is 2. The molecule has 1 aliphatic heterocycles. The first kappa shape index (κ1) is 23.3. The molecule has 0 aromatic carbocycles. The molecular formula is C23H28N8O3. The first-order valence-corrected chi connectivity index (χ1v) is 11.0. The van der Waals surface area contributed by atoms with Crippen LogP contribution in [-0.4, -0.2) is 81.3 Å². The topological polar surface area (TPSA) is 118 Å². The zero-order valence-corrected chi connectivity index (χ0v) is 19.5. The highest BCUT2D eigenvalue weighted by atomic mass is 16.5.